The molecule has 1 saturated carbocycles. The Morgan fingerprint density at radius 3 is 2.50 bits per heavy atom. The number of nitrogens with two attached hydrogens (primary N) is 1. The molecular formula is C15H20N2O3. The molecule has 4 N–H and O–H groups in total. The van der Waals surface area contributed by atoms with Gasteiger partial charge in [0.25, 0.3) is 0 Å². The first kappa shape index (κ1) is 14.5. The Labute approximate surface area is 118 Å². The minimum atomic E-state index is -1.05. The van der Waals surface area contributed by atoms with Gasteiger partial charge in [-0.25, -0.2) is 4.79 Å². The fourth-order valence-electron chi connectivity index (χ4n) is 2.23. The van der Waals surface area contributed by atoms with Gasteiger partial charge in [-0.1, -0.05) is 30.3 Å². The number of nitrogens with one attached hydrogen (secondary N) is 1. The molecule has 0 radical (unpaired) electrons. The molecule has 1 aromatic carbocycles. The van der Waals surface area contributed by atoms with Crippen molar-refractivity contribution in [1.29, 1.82) is 0 Å². The summed E-state index contributed by atoms with van der Waals surface area (Å²) >= 11 is 0. The van der Waals surface area contributed by atoms with E-state index >= 15 is 0 Å². The maximum atomic E-state index is 12.2. The van der Waals surface area contributed by atoms with Gasteiger partial charge in [-0.3, -0.25) is 4.79 Å². The third-order valence-electron chi connectivity index (χ3n) is 3.80. The van der Waals surface area contributed by atoms with Gasteiger partial charge < -0.3 is 16.2 Å². The predicted molar refractivity (Wildman–Crippen MR) is 75.0 cm³/mol. The summed E-state index contributed by atoms with van der Waals surface area (Å²) in [5.41, 5.74) is 5.89. The van der Waals surface area contributed by atoms with Crippen LogP contribution in [-0.2, 0) is 16.0 Å². The molecule has 108 valence electrons. The Balaban J connectivity index is 2.02. The summed E-state index contributed by atoms with van der Waals surface area (Å²) in [6.07, 6.45) is 2.11. The largest absolute Gasteiger partial charge is 0.480 e. The molecule has 20 heavy (non-hydrogen) atoms. The highest BCUT2D eigenvalue weighted by Gasteiger charge is 2.44. The molecule has 0 bridgehead atoms. The molecular weight excluding hydrogens is 256 g/mol. The zero-order chi connectivity index (χ0) is 14.8. The van der Waals surface area contributed by atoms with Crippen molar-refractivity contribution in [3.63, 3.8) is 0 Å². The van der Waals surface area contributed by atoms with Crippen LogP contribution in [-0.4, -0.2) is 28.6 Å². The highest BCUT2D eigenvalue weighted by molar-refractivity contribution is 5.90. The summed E-state index contributed by atoms with van der Waals surface area (Å²) < 4.78 is 0. The van der Waals surface area contributed by atoms with Gasteiger partial charge in [0.2, 0.25) is 5.91 Å². The molecule has 0 saturated heterocycles. The van der Waals surface area contributed by atoms with Crippen molar-refractivity contribution in [1.82, 2.24) is 5.32 Å². The SMILES string of the molecule is CC(N)(C(=O)N[C@@H](Cc1ccccc1)C(=O)O)C1CC1. The van der Waals surface area contributed by atoms with Crippen LogP contribution in [0.15, 0.2) is 30.3 Å². The number of carboxylic acids is 1. The quantitative estimate of drug-likeness (QED) is 0.720. The first-order valence-electron chi connectivity index (χ1n) is 6.78. The van der Waals surface area contributed by atoms with Crippen LogP contribution in [0.2, 0.25) is 0 Å². The third kappa shape index (κ3) is 3.36. The molecule has 1 aromatic rings. The monoisotopic (exact) mass is 276 g/mol. The fraction of sp³-hybridized carbons (Fsp3) is 0.467. The van der Waals surface area contributed by atoms with E-state index in [4.69, 9.17) is 5.73 Å². The van der Waals surface area contributed by atoms with Gasteiger partial charge in [0.15, 0.2) is 0 Å². The van der Waals surface area contributed by atoms with Crippen LogP contribution >= 0.6 is 0 Å². The van der Waals surface area contributed by atoms with Crippen molar-refractivity contribution in [2.75, 3.05) is 0 Å². The lowest BCUT2D eigenvalue weighted by Gasteiger charge is -2.25. The smallest absolute Gasteiger partial charge is 0.326 e. The van der Waals surface area contributed by atoms with Gasteiger partial charge >= 0.3 is 5.97 Å². The number of hydrogen-bond acceptors (Lipinski definition) is 3. The van der Waals surface area contributed by atoms with Gasteiger partial charge in [-0.15, -0.1) is 0 Å². The fourth-order valence-corrected chi connectivity index (χ4v) is 2.23. The van der Waals surface area contributed by atoms with E-state index in [2.05, 4.69) is 5.32 Å². The van der Waals surface area contributed by atoms with Gasteiger partial charge in [-0.2, -0.15) is 0 Å². The first-order chi connectivity index (χ1) is 9.41. The van der Waals surface area contributed by atoms with Crippen molar-refractivity contribution < 1.29 is 14.7 Å². The molecule has 0 heterocycles. The van der Waals surface area contributed by atoms with Gasteiger partial charge in [0.05, 0.1) is 5.54 Å². The lowest BCUT2D eigenvalue weighted by atomic mass is 9.95. The van der Waals surface area contributed by atoms with Crippen molar-refractivity contribution in [2.45, 2.75) is 37.8 Å². The Hall–Kier alpha value is -1.88. The summed E-state index contributed by atoms with van der Waals surface area (Å²) in [4.78, 5) is 23.4. The number of hydrogen-bond donors (Lipinski definition) is 3. The molecule has 5 nitrogen and oxygen atoms in total. The molecule has 1 aliphatic rings. The lowest BCUT2D eigenvalue weighted by molar-refractivity contribution is -0.142. The van der Waals surface area contributed by atoms with Crippen molar-refractivity contribution in [2.24, 2.45) is 11.7 Å². The maximum absolute atomic E-state index is 12.2. The number of carbonyl (C=O) groups excluding carboxylic acids is 1. The number of benzene rings is 1. The van der Waals surface area contributed by atoms with E-state index in [0.29, 0.717) is 0 Å². The van der Waals surface area contributed by atoms with Crippen molar-refractivity contribution >= 4 is 11.9 Å². The third-order valence-corrected chi connectivity index (χ3v) is 3.80. The molecule has 1 aliphatic carbocycles. The number of carboxylic acid groups (broad SMARTS) is 1. The highest BCUT2D eigenvalue weighted by Crippen LogP contribution is 2.38. The van der Waals surface area contributed by atoms with Gasteiger partial charge in [-0.05, 0) is 31.2 Å². The van der Waals surface area contributed by atoms with E-state index in [1.165, 1.54) is 0 Å². The predicted octanol–water partition coefficient (Wildman–Crippen LogP) is 0.926. The van der Waals surface area contributed by atoms with E-state index in [1.54, 1.807) is 6.92 Å². The molecule has 1 amide bonds. The molecule has 5 heteroatoms. The normalized spacial score (nSPS) is 18.9. The van der Waals surface area contributed by atoms with Gasteiger partial charge in [0, 0.05) is 6.42 Å². The summed E-state index contributed by atoms with van der Waals surface area (Å²) in [6, 6.07) is 8.27. The van der Waals surface area contributed by atoms with Gasteiger partial charge in [0.1, 0.15) is 6.04 Å². The Morgan fingerprint density at radius 1 is 1.40 bits per heavy atom. The molecule has 0 spiro atoms. The molecule has 0 aliphatic heterocycles. The van der Waals surface area contributed by atoms with Crippen LogP contribution in [0.5, 0.6) is 0 Å². The topological polar surface area (TPSA) is 92.4 Å². The summed E-state index contributed by atoms with van der Waals surface area (Å²) in [5, 5.41) is 11.8. The van der Waals surface area contributed by atoms with E-state index in [0.717, 1.165) is 18.4 Å². The number of rotatable bonds is 6. The van der Waals surface area contributed by atoms with Crippen LogP contribution in [0.25, 0.3) is 0 Å². The zero-order valence-electron chi connectivity index (χ0n) is 11.5. The Morgan fingerprint density at radius 2 is 2.00 bits per heavy atom. The molecule has 0 aromatic heterocycles. The van der Waals surface area contributed by atoms with Crippen LogP contribution in [0.3, 0.4) is 0 Å². The van der Waals surface area contributed by atoms with E-state index in [-0.39, 0.29) is 18.2 Å². The molecule has 1 fully saturated rings. The molecule has 2 rings (SSSR count). The Bertz CT molecular complexity index is 495. The number of aliphatic carboxylic acids is 1. The maximum Gasteiger partial charge on any atom is 0.326 e. The average Bonchev–Trinajstić information content (AvgIpc) is 3.23. The minimum Gasteiger partial charge on any atom is -0.480 e. The molecule has 2 atom stereocenters. The van der Waals surface area contributed by atoms with Crippen molar-refractivity contribution in [3.8, 4) is 0 Å². The van der Waals surface area contributed by atoms with E-state index in [9.17, 15) is 14.7 Å². The van der Waals surface area contributed by atoms with Crippen LogP contribution in [0, 0.1) is 5.92 Å². The summed E-state index contributed by atoms with van der Waals surface area (Å²) in [6.45, 7) is 1.67. The van der Waals surface area contributed by atoms with Crippen molar-refractivity contribution in [3.05, 3.63) is 35.9 Å². The first-order valence-corrected chi connectivity index (χ1v) is 6.78. The summed E-state index contributed by atoms with van der Waals surface area (Å²) in [5.74, 6) is -1.27. The minimum absolute atomic E-state index is 0.161. The van der Waals surface area contributed by atoms with E-state index < -0.39 is 17.6 Å². The van der Waals surface area contributed by atoms with E-state index in [1.807, 2.05) is 30.3 Å². The second kappa shape index (κ2) is 5.63. The lowest BCUT2D eigenvalue weighted by Crippen LogP contribution is -2.57. The average molecular weight is 276 g/mol. The number of carbonyl (C=O) groups is 2. The summed E-state index contributed by atoms with van der Waals surface area (Å²) in [7, 11) is 0. The second-order valence-electron chi connectivity index (χ2n) is 5.61. The molecule has 1 unspecified atom stereocenters. The standard InChI is InChI=1S/C15H20N2O3/c1-15(16,11-7-8-11)14(20)17-12(13(18)19)9-10-5-3-2-4-6-10/h2-6,11-12H,7-9,16H2,1H3,(H,17,20)(H,18,19)/t12-,15?/m0/s1. The second-order valence-corrected chi connectivity index (χ2v) is 5.61. The van der Waals surface area contributed by atoms with Crippen LogP contribution in [0.4, 0.5) is 0 Å². The number of amides is 1. The van der Waals surface area contributed by atoms with Crippen LogP contribution < -0.4 is 11.1 Å². The Kier molecular flexibility index (Phi) is 4.09. The van der Waals surface area contributed by atoms with Crippen LogP contribution in [0.1, 0.15) is 25.3 Å². The zero-order valence-corrected chi connectivity index (χ0v) is 11.5. The highest BCUT2D eigenvalue weighted by atomic mass is 16.4.